The molecule has 0 radical (unpaired) electrons. The molecule has 42 heavy (non-hydrogen) atoms. The van der Waals surface area contributed by atoms with E-state index in [0.717, 1.165) is 29.7 Å². The number of ether oxygens (including phenoxy) is 1. The summed E-state index contributed by atoms with van der Waals surface area (Å²) in [6.07, 6.45) is 2.06. The summed E-state index contributed by atoms with van der Waals surface area (Å²) < 4.78 is 11.9. The molecule has 0 spiro atoms. The van der Waals surface area contributed by atoms with Crippen LogP contribution in [0.5, 0.6) is 5.75 Å². The highest BCUT2D eigenvalue weighted by Gasteiger charge is 2.33. The topological polar surface area (TPSA) is 84.6 Å². The number of carboxylic acids is 1. The van der Waals surface area contributed by atoms with Crippen LogP contribution in [0.25, 0.3) is 11.3 Å². The van der Waals surface area contributed by atoms with E-state index in [1.807, 2.05) is 6.07 Å². The van der Waals surface area contributed by atoms with E-state index < -0.39 is 5.97 Å². The number of halogens is 3. The summed E-state index contributed by atoms with van der Waals surface area (Å²) in [4.78, 5) is 11.7. The second kappa shape index (κ2) is 12.4. The Morgan fingerprint density at radius 2 is 1.79 bits per heavy atom. The number of nitrogens with one attached hydrogen (secondary N) is 1. The molecular formula is C33H29Cl3N2O4. The second-order valence-corrected chi connectivity index (χ2v) is 12.5. The molecule has 0 unspecified atom stereocenters. The average Bonchev–Trinajstić information content (AvgIpc) is 3.69. The maximum Gasteiger partial charge on any atom is 0.335 e. The Hall–Kier alpha value is -3.47. The number of carbonyl (C=O) groups is 1. The van der Waals surface area contributed by atoms with Gasteiger partial charge in [0.25, 0.3) is 0 Å². The summed E-state index contributed by atoms with van der Waals surface area (Å²) in [6.45, 7) is 6.87. The molecule has 0 saturated heterocycles. The SMILES string of the molecule is CC(C)(C)NCc1cc(C#Cc2ccc(OCc3c(-c4c(Cl)cccc4Cl)noc3C3CC3)cc2Cl)cc(C(=O)O)c1. The Kier molecular flexibility index (Phi) is 8.86. The number of hydrogen-bond acceptors (Lipinski definition) is 5. The minimum Gasteiger partial charge on any atom is -0.489 e. The molecule has 1 saturated carbocycles. The quantitative estimate of drug-likeness (QED) is 0.191. The van der Waals surface area contributed by atoms with E-state index in [-0.39, 0.29) is 17.7 Å². The van der Waals surface area contributed by atoms with Crippen molar-refractivity contribution in [2.75, 3.05) is 0 Å². The van der Waals surface area contributed by atoms with Gasteiger partial charge in [0.1, 0.15) is 23.8 Å². The Bertz CT molecular complexity index is 1690. The number of aromatic carboxylic acids is 1. The molecule has 9 heteroatoms. The van der Waals surface area contributed by atoms with E-state index in [9.17, 15) is 9.90 Å². The van der Waals surface area contributed by atoms with Crippen molar-refractivity contribution in [1.82, 2.24) is 10.5 Å². The van der Waals surface area contributed by atoms with E-state index in [2.05, 4.69) is 43.1 Å². The molecule has 5 rings (SSSR count). The number of carboxylic acid groups (broad SMARTS) is 1. The zero-order valence-corrected chi connectivity index (χ0v) is 25.6. The van der Waals surface area contributed by atoms with Crippen molar-refractivity contribution in [3.05, 3.63) is 103 Å². The van der Waals surface area contributed by atoms with Crippen molar-refractivity contribution < 1.29 is 19.2 Å². The van der Waals surface area contributed by atoms with E-state index >= 15 is 0 Å². The third kappa shape index (κ3) is 7.29. The molecule has 1 aliphatic carbocycles. The van der Waals surface area contributed by atoms with Crippen molar-refractivity contribution >= 4 is 40.8 Å². The molecule has 3 aromatic carbocycles. The summed E-state index contributed by atoms with van der Waals surface area (Å²) in [5.74, 6) is 6.75. The number of hydrogen-bond donors (Lipinski definition) is 2. The number of benzene rings is 3. The van der Waals surface area contributed by atoms with Crippen molar-refractivity contribution in [2.24, 2.45) is 0 Å². The number of aromatic nitrogens is 1. The summed E-state index contributed by atoms with van der Waals surface area (Å²) >= 11 is 19.5. The second-order valence-electron chi connectivity index (χ2n) is 11.3. The summed E-state index contributed by atoms with van der Waals surface area (Å²) in [5.41, 5.74) is 4.07. The average molecular weight is 624 g/mol. The minimum absolute atomic E-state index is 0.112. The highest BCUT2D eigenvalue weighted by Crippen LogP contribution is 2.46. The molecule has 1 aromatic heterocycles. The van der Waals surface area contributed by atoms with Crippen LogP contribution in [0.2, 0.25) is 15.1 Å². The lowest BCUT2D eigenvalue weighted by Gasteiger charge is -2.20. The van der Waals surface area contributed by atoms with Gasteiger partial charge < -0.3 is 19.7 Å². The van der Waals surface area contributed by atoms with Gasteiger partial charge in [-0.15, -0.1) is 0 Å². The van der Waals surface area contributed by atoms with E-state index in [0.29, 0.717) is 55.7 Å². The number of nitrogens with zero attached hydrogens (tertiary/aromatic N) is 1. The van der Waals surface area contributed by atoms with Gasteiger partial charge in [-0.1, -0.05) is 57.9 Å². The normalized spacial score (nSPS) is 13.0. The predicted molar refractivity (Wildman–Crippen MR) is 166 cm³/mol. The lowest BCUT2D eigenvalue weighted by atomic mass is 10.0. The molecule has 6 nitrogen and oxygen atoms in total. The monoisotopic (exact) mass is 622 g/mol. The van der Waals surface area contributed by atoms with Crippen molar-refractivity contribution in [3.8, 4) is 28.8 Å². The first-order chi connectivity index (χ1) is 20.0. The zero-order valence-electron chi connectivity index (χ0n) is 23.4. The highest BCUT2D eigenvalue weighted by molar-refractivity contribution is 6.39. The first kappa shape index (κ1) is 30.0. The van der Waals surface area contributed by atoms with Crippen molar-refractivity contribution in [2.45, 2.75) is 58.2 Å². The minimum atomic E-state index is -1.01. The first-order valence-corrected chi connectivity index (χ1v) is 14.6. The molecule has 0 amide bonds. The van der Waals surface area contributed by atoms with Gasteiger partial charge >= 0.3 is 5.97 Å². The third-order valence-electron chi connectivity index (χ3n) is 6.69. The molecule has 4 aromatic rings. The molecular weight excluding hydrogens is 595 g/mol. The van der Waals surface area contributed by atoms with Crippen LogP contribution in [0, 0.1) is 11.8 Å². The van der Waals surface area contributed by atoms with Crippen molar-refractivity contribution in [3.63, 3.8) is 0 Å². The summed E-state index contributed by atoms with van der Waals surface area (Å²) in [5, 5.41) is 18.6. The fourth-order valence-corrected chi connectivity index (χ4v) is 5.18. The van der Waals surface area contributed by atoms with E-state index in [1.165, 1.54) is 0 Å². The van der Waals surface area contributed by atoms with Crippen LogP contribution in [-0.2, 0) is 13.2 Å². The number of rotatable bonds is 8. The summed E-state index contributed by atoms with van der Waals surface area (Å²) in [7, 11) is 0. The maximum atomic E-state index is 11.7. The van der Waals surface area contributed by atoms with Gasteiger partial charge in [0.05, 0.1) is 26.2 Å². The lowest BCUT2D eigenvalue weighted by Crippen LogP contribution is -2.35. The van der Waals surface area contributed by atoms with Crippen LogP contribution in [0.1, 0.15) is 77.9 Å². The molecule has 0 bridgehead atoms. The zero-order chi connectivity index (χ0) is 30.0. The van der Waals surface area contributed by atoms with Crippen LogP contribution < -0.4 is 10.1 Å². The Morgan fingerprint density at radius 3 is 2.43 bits per heavy atom. The van der Waals surface area contributed by atoms with Crippen LogP contribution in [0.15, 0.2) is 59.1 Å². The fraction of sp³-hybridized carbons (Fsp3) is 0.273. The Labute approximate surface area is 259 Å². The Balaban J connectivity index is 1.36. The van der Waals surface area contributed by atoms with Crippen LogP contribution in [-0.4, -0.2) is 21.8 Å². The maximum absolute atomic E-state index is 11.7. The largest absolute Gasteiger partial charge is 0.489 e. The van der Waals surface area contributed by atoms with Gasteiger partial charge in [0, 0.05) is 40.8 Å². The van der Waals surface area contributed by atoms with Gasteiger partial charge in [-0.25, -0.2) is 4.79 Å². The summed E-state index contributed by atoms with van der Waals surface area (Å²) in [6, 6.07) is 15.7. The standard InChI is InChI=1S/C33H29Cl3N2O4/c1-33(2,3)37-17-20-13-19(14-23(15-20)32(39)40)7-8-21-11-12-24(16-28(21)36)41-18-25-30(38-42-31(25)22-9-10-22)29-26(34)5-4-6-27(29)35/h4-6,11-16,22,37H,9-10,17-18H2,1-3H3,(H,39,40). The smallest absolute Gasteiger partial charge is 0.335 e. The van der Waals surface area contributed by atoms with Gasteiger partial charge in [-0.3, -0.25) is 0 Å². The predicted octanol–water partition coefficient (Wildman–Crippen LogP) is 8.74. The van der Waals surface area contributed by atoms with Gasteiger partial charge in [-0.2, -0.15) is 0 Å². The van der Waals surface area contributed by atoms with Gasteiger partial charge in [0.2, 0.25) is 0 Å². The lowest BCUT2D eigenvalue weighted by molar-refractivity contribution is 0.0696. The molecule has 1 fully saturated rings. The molecule has 1 aliphatic rings. The third-order valence-corrected chi connectivity index (χ3v) is 7.64. The van der Waals surface area contributed by atoms with Gasteiger partial charge in [-0.05, 0) is 81.6 Å². The fourth-order valence-electron chi connectivity index (χ4n) is 4.39. The van der Waals surface area contributed by atoms with Crippen LogP contribution in [0.3, 0.4) is 0 Å². The molecule has 216 valence electrons. The van der Waals surface area contributed by atoms with E-state index in [4.69, 9.17) is 44.1 Å². The van der Waals surface area contributed by atoms with Crippen LogP contribution in [0.4, 0.5) is 0 Å². The molecule has 1 heterocycles. The molecule has 0 atom stereocenters. The molecule has 2 N–H and O–H groups in total. The van der Waals surface area contributed by atoms with E-state index in [1.54, 1.807) is 48.5 Å². The van der Waals surface area contributed by atoms with Gasteiger partial charge in [0.15, 0.2) is 0 Å². The van der Waals surface area contributed by atoms with Crippen molar-refractivity contribution in [1.29, 1.82) is 0 Å². The first-order valence-electron chi connectivity index (χ1n) is 13.5. The van der Waals surface area contributed by atoms with Crippen LogP contribution >= 0.6 is 34.8 Å². The Morgan fingerprint density at radius 1 is 1.05 bits per heavy atom. The molecule has 0 aliphatic heterocycles. The highest BCUT2D eigenvalue weighted by atomic mass is 35.5.